The smallest absolute Gasteiger partial charge is 0.0446 e. The molecule has 3 rings (SSSR count). The minimum absolute atomic E-state index is 0.193. The van der Waals surface area contributed by atoms with Crippen LogP contribution in [0.3, 0.4) is 0 Å². The largest absolute Gasteiger partial charge is 0.388 e. The summed E-state index contributed by atoms with van der Waals surface area (Å²) in [5.41, 5.74) is 4.49. The Kier molecular flexibility index (Phi) is 5.79. The molecular formula is C23H25Cl2N. The molecule has 4 atom stereocenters. The number of nitrogens with one attached hydrogen (secondary N) is 1. The highest BCUT2D eigenvalue weighted by molar-refractivity contribution is 6.31. The van der Waals surface area contributed by atoms with Crippen LogP contribution in [0.1, 0.15) is 24.0 Å². The van der Waals surface area contributed by atoms with Crippen molar-refractivity contribution in [1.29, 1.82) is 0 Å². The van der Waals surface area contributed by atoms with E-state index >= 15 is 0 Å². The van der Waals surface area contributed by atoms with Crippen molar-refractivity contribution in [2.24, 2.45) is 17.8 Å². The molecule has 26 heavy (non-hydrogen) atoms. The van der Waals surface area contributed by atoms with E-state index < -0.39 is 0 Å². The molecule has 1 aliphatic carbocycles. The summed E-state index contributed by atoms with van der Waals surface area (Å²) in [4.78, 5) is 0. The van der Waals surface area contributed by atoms with Gasteiger partial charge >= 0.3 is 0 Å². The fourth-order valence-electron chi connectivity index (χ4n) is 4.09. The Morgan fingerprint density at radius 2 is 1.96 bits per heavy atom. The molecule has 1 aromatic carbocycles. The molecule has 1 heterocycles. The molecule has 0 saturated carbocycles. The van der Waals surface area contributed by atoms with Crippen LogP contribution in [-0.2, 0) is 0 Å². The first-order valence-corrected chi connectivity index (χ1v) is 9.73. The fraction of sp³-hybridized carbons (Fsp3) is 0.304. The van der Waals surface area contributed by atoms with Gasteiger partial charge in [-0.3, -0.25) is 0 Å². The van der Waals surface area contributed by atoms with Crippen LogP contribution in [0.2, 0.25) is 5.02 Å². The summed E-state index contributed by atoms with van der Waals surface area (Å²) in [5, 5.41) is 4.97. The van der Waals surface area contributed by atoms with E-state index in [1.54, 1.807) is 0 Å². The zero-order valence-electron chi connectivity index (χ0n) is 15.3. The molecule has 0 bridgehead atoms. The lowest BCUT2D eigenvalue weighted by molar-refractivity contribution is 0.326. The van der Waals surface area contributed by atoms with Crippen LogP contribution in [-0.4, -0.2) is 6.54 Å². The second kappa shape index (κ2) is 7.90. The highest BCUT2D eigenvalue weighted by Gasteiger charge is 2.42. The van der Waals surface area contributed by atoms with Crippen LogP contribution >= 0.6 is 23.2 Å². The normalized spacial score (nSPS) is 28.3. The van der Waals surface area contributed by atoms with Crippen molar-refractivity contribution in [1.82, 2.24) is 5.32 Å². The third kappa shape index (κ3) is 3.70. The SMILES string of the molecule is C=C1NCC2C1C=CC(c1ccc(C)cc1Cl)C2C(=C)/C=C\C(Cl)=C/C. The second-order valence-corrected chi connectivity index (χ2v) is 7.98. The third-order valence-electron chi connectivity index (χ3n) is 5.48. The molecule has 0 radical (unpaired) electrons. The van der Waals surface area contributed by atoms with Gasteiger partial charge in [-0.15, -0.1) is 0 Å². The summed E-state index contributed by atoms with van der Waals surface area (Å²) in [5.74, 6) is 1.19. The average Bonchev–Trinajstić information content (AvgIpc) is 3.00. The van der Waals surface area contributed by atoms with Crippen molar-refractivity contribution in [2.75, 3.05) is 6.54 Å². The van der Waals surface area contributed by atoms with Gasteiger partial charge in [-0.05, 0) is 49.0 Å². The number of rotatable bonds is 4. The highest BCUT2D eigenvalue weighted by Crippen LogP contribution is 2.48. The van der Waals surface area contributed by atoms with Gasteiger partial charge < -0.3 is 5.32 Å². The lowest BCUT2D eigenvalue weighted by Crippen LogP contribution is -2.30. The van der Waals surface area contributed by atoms with E-state index in [4.69, 9.17) is 23.2 Å². The Bertz CT molecular complexity index is 815. The van der Waals surface area contributed by atoms with E-state index in [1.165, 1.54) is 5.56 Å². The molecule has 1 aliphatic heterocycles. The molecule has 136 valence electrons. The van der Waals surface area contributed by atoms with Gasteiger partial charge in [0.05, 0.1) is 0 Å². The number of halogens is 2. The lowest BCUT2D eigenvalue weighted by Gasteiger charge is -2.37. The minimum atomic E-state index is 0.193. The summed E-state index contributed by atoms with van der Waals surface area (Å²) < 4.78 is 0. The number of hydrogen-bond acceptors (Lipinski definition) is 1. The molecule has 0 spiro atoms. The van der Waals surface area contributed by atoms with Crippen molar-refractivity contribution in [3.8, 4) is 0 Å². The monoisotopic (exact) mass is 385 g/mol. The minimum Gasteiger partial charge on any atom is -0.388 e. The van der Waals surface area contributed by atoms with Crippen LogP contribution in [0.25, 0.3) is 0 Å². The number of aryl methyl sites for hydroxylation is 1. The van der Waals surface area contributed by atoms with Crippen molar-refractivity contribution in [2.45, 2.75) is 19.8 Å². The summed E-state index contributed by atoms with van der Waals surface area (Å²) in [6, 6.07) is 6.31. The van der Waals surface area contributed by atoms with Crippen LogP contribution in [0.5, 0.6) is 0 Å². The first-order valence-electron chi connectivity index (χ1n) is 8.98. The molecule has 0 aromatic heterocycles. The van der Waals surface area contributed by atoms with Gasteiger partial charge in [0.15, 0.2) is 0 Å². The topological polar surface area (TPSA) is 12.0 Å². The van der Waals surface area contributed by atoms with E-state index in [2.05, 4.69) is 49.7 Å². The van der Waals surface area contributed by atoms with Gasteiger partial charge in [-0.25, -0.2) is 0 Å². The Morgan fingerprint density at radius 1 is 1.23 bits per heavy atom. The quantitative estimate of drug-likeness (QED) is 0.459. The van der Waals surface area contributed by atoms with Crippen molar-refractivity contribution in [3.63, 3.8) is 0 Å². The molecule has 1 aromatic rings. The average molecular weight is 386 g/mol. The van der Waals surface area contributed by atoms with E-state index in [0.717, 1.165) is 28.4 Å². The van der Waals surface area contributed by atoms with E-state index in [-0.39, 0.29) is 11.8 Å². The van der Waals surface area contributed by atoms with Crippen LogP contribution in [0, 0.1) is 24.7 Å². The van der Waals surface area contributed by atoms with Gasteiger partial charge in [-0.1, -0.05) is 78.4 Å². The molecule has 1 N–H and O–H groups in total. The predicted molar refractivity (Wildman–Crippen MR) is 114 cm³/mol. The second-order valence-electron chi connectivity index (χ2n) is 7.14. The molecule has 1 nitrogen and oxygen atoms in total. The molecule has 2 aliphatic rings. The Morgan fingerprint density at radius 3 is 2.65 bits per heavy atom. The molecule has 4 unspecified atom stereocenters. The molecule has 0 amide bonds. The number of fused-ring (bicyclic) bond motifs is 1. The number of allylic oxidation sites excluding steroid dienone is 7. The first kappa shape index (κ1) is 19.1. The van der Waals surface area contributed by atoms with Gasteiger partial charge in [0.1, 0.15) is 0 Å². The maximum atomic E-state index is 6.61. The van der Waals surface area contributed by atoms with Crippen LogP contribution < -0.4 is 5.32 Å². The Hall–Kier alpha value is -1.70. The number of benzene rings is 1. The van der Waals surface area contributed by atoms with Crippen molar-refractivity contribution < 1.29 is 0 Å². The van der Waals surface area contributed by atoms with Crippen molar-refractivity contribution >= 4 is 23.2 Å². The van der Waals surface area contributed by atoms with Gasteiger partial charge in [-0.2, -0.15) is 0 Å². The van der Waals surface area contributed by atoms with Crippen molar-refractivity contribution in [3.05, 3.63) is 94.2 Å². The van der Waals surface area contributed by atoms with Gasteiger partial charge in [0, 0.05) is 34.1 Å². The summed E-state index contributed by atoms with van der Waals surface area (Å²) >= 11 is 12.8. The van der Waals surface area contributed by atoms with E-state index in [1.807, 2.05) is 31.2 Å². The van der Waals surface area contributed by atoms with E-state index in [0.29, 0.717) is 16.9 Å². The first-order chi connectivity index (χ1) is 12.4. The van der Waals surface area contributed by atoms with Gasteiger partial charge in [0.25, 0.3) is 0 Å². The summed E-state index contributed by atoms with van der Waals surface area (Å²) in [6.07, 6.45) is 10.4. The van der Waals surface area contributed by atoms with Crippen LogP contribution in [0.4, 0.5) is 0 Å². The van der Waals surface area contributed by atoms with Crippen LogP contribution in [0.15, 0.2) is 78.0 Å². The van der Waals surface area contributed by atoms with Gasteiger partial charge in [0.2, 0.25) is 0 Å². The predicted octanol–water partition coefficient (Wildman–Crippen LogP) is 6.52. The Balaban J connectivity index is 2.02. The molecule has 3 heteroatoms. The maximum Gasteiger partial charge on any atom is 0.0446 e. The Labute approximate surface area is 166 Å². The third-order valence-corrected chi connectivity index (χ3v) is 6.15. The van der Waals surface area contributed by atoms with E-state index in [9.17, 15) is 0 Å². The standard InChI is InChI=1S/C23H25Cl2N/c1-5-17(24)8-7-15(3)23-20(19-9-6-14(2)12-22(19)25)11-10-18-16(4)26-13-21(18)23/h5-12,18,20-21,23,26H,3-4,13H2,1-2H3/b8-7-,17-5+. The lowest BCUT2D eigenvalue weighted by atomic mass is 9.66. The highest BCUT2D eigenvalue weighted by atomic mass is 35.5. The molecule has 1 fully saturated rings. The fourth-order valence-corrected chi connectivity index (χ4v) is 4.51. The zero-order chi connectivity index (χ0) is 18.8. The zero-order valence-corrected chi connectivity index (χ0v) is 16.8. The molecule has 1 saturated heterocycles. The summed E-state index contributed by atoms with van der Waals surface area (Å²) in [7, 11) is 0. The maximum absolute atomic E-state index is 6.61. The molecular weight excluding hydrogens is 361 g/mol. The summed E-state index contributed by atoms with van der Waals surface area (Å²) in [6.45, 7) is 13.5. The number of hydrogen-bond donors (Lipinski definition) is 1.